The van der Waals surface area contributed by atoms with E-state index < -0.39 is 0 Å². The van der Waals surface area contributed by atoms with Gasteiger partial charge in [-0.05, 0) is 40.2 Å². The van der Waals surface area contributed by atoms with Gasteiger partial charge in [-0.25, -0.2) is 0 Å². The minimum Gasteiger partial charge on any atom is -0.495 e. The highest BCUT2D eigenvalue weighted by Gasteiger charge is 2.14. The Morgan fingerprint density at radius 2 is 1.92 bits per heavy atom. The van der Waals surface area contributed by atoms with E-state index in [1.54, 1.807) is 12.1 Å². The molecular formula is C17H17BrN4O3. The number of hydrogen-bond donors (Lipinski definition) is 1. The van der Waals surface area contributed by atoms with Crippen LogP contribution in [-0.2, 0) is 6.42 Å². The lowest BCUT2D eigenvalue weighted by Crippen LogP contribution is -2.26. The van der Waals surface area contributed by atoms with Gasteiger partial charge in [-0.2, -0.15) is 0 Å². The number of nitrogens with one attached hydrogen (secondary N) is 1. The lowest BCUT2D eigenvalue weighted by molar-refractivity contribution is 0.0953. The number of rotatable bonds is 6. The molecule has 0 radical (unpaired) electrons. The van der Waals surface area contributed by atoms with Gasteiger partial charge in [0.2, 0.25) is 0 Å². The SMILES string of the molecule is COc1cc(C(=O)NCCc2nnc3ccccn23)cc(OC)c1Br. The minimum atomic E-state index is -0.210. The van der Waals surface area contributed by atoms with Crippen LogP contribution in [0.3, 0.4) is 0 Å². The van der Waals surface area contributed by atoms with Gasteiger partial charge in [-0.15, -0.1) is 10.2 Å². The summed E-state index contributed by atoms with van der Waals surface area (Å²) in [6.45, 7) is 0.440. The zero-order valence-electron chi connectivity index (χ0n) is 13.8. The molecule has 0 unspecified atom stereocenters. The van der Waals surface area contributed by atoms with Crippen molar-refractivity contribution in [2.75, 3.05) is 20.8 Å². The first-order chi connectivity index (χ1) is 12.1. The Balaban J connectivity index is 1.68. The third-order valence-electron chi connectivity index (χ3n) is 3.73. The van der Waals surface area contributed by atoms with Gasteiger partial charge in [0.15, 0.2) is 5.65 Å². The molecule has 1 amide bonds. The number of carbonyl (C=O) groups is 1. The largest absolute Gasteiger partial charge is 0.495 e. The van der Waals surface area contributed by atoms with Gasteiger partial charge < -0.3 is 14.8 Å². The van der Waals surface area contributed by atoms with E-state index in [1.807, 2.05) is 28.8 Å². The van der Waals surface area contributed by atoms with E-state index in [4.69, 9.17) is 9.47 Å². The van der Waals surface area contributed by atoms with E-state index in [2.05, 4.69) is 31.4 Å². The van der Waals surface area contributed by atoms with Crippen molar-refractivity contribution in [3.05, 3.63) is 52.4 Å². The molecule has 130 valence electrons. The maximum absolute atomic E-state index is 12.4. The van der Waals surface area contributed by atoms with Crippen LogP contribution in [0.15, 0.2) is 41.0 Å². The molecule has 0 aliphatic heterocycles. The summed E-state index contributed by atoms with van der Waals surface area (Å²) in [6, 6.07) is 9.03. The average molecular weight is 405 g/mol. The fraction of sp³-hybridized carbons (Fsp3) is 0.235. The second kappa shape index (κ2) is 7.52. The molecule has 3 rings (SSSR count). The van der Waals surface area contributed by atoms with Crippen LogP contribution in [0.5, 0.6) is 11.5 Å². The van der Waals surface area contributed by atoms with E-state index in [9.17, 15) is 4.79 Å². The molecule has 3 aromatic rings. The van der Waals surface area contributed by atoms with Gasteiger partial charge in [0.05, 0.1) is 14.2 Å². The molecule has 2 aromatic heterocycles. The summed E-state index contributed by atoms with van der Waals surface area (Å²) in [5.41, 5.74) is 1.24. The molecule has 0 bridgehead atoms. The van der Waals surface area contributed by atoms with Crippen LogP contribution in [0.1, 0.15) is 16.2 Å². The van der Waals surface area contributed by atoms with Crippen LogP contribution in [0.2, 0.25) is 0 Å². The fourth-order valence-electron chi connectivity index (χ4n) is 2.45. The Kier molecular flexibility index (Phi) is 5.18. The molecule has 0 saturated heterocycles. The highest BCUT2D eigenvalue weighted by molar-refractivity contribution is 9.10. The number of ether oxygens (including phenoxy) is 2. The van der Waals surface area contributed by atoms with Gasteiger partial charge in [-0.1, -0.05) is 6.07 Å². The van der Waals surface area contributed by atoms with Gasteiger partial charge >= 0.3 is 0 Å². The van der Waals surface area contributed by atoms with Crippen molar-refractivity contribution in [2.45, 2.75) is 6.42 Å². The first-order valence-electron chi connectivity index (χ1n) is 7.62. The van der Waals surface area contributed by atoms with Crippen molar-refractivity contribution in [3.63, 3.8) is 0 Å². The van der Waals surface area contributed by atoms with Crippen molar-refractivity contribution in [1.82, 2.24) is 19.9 Å². The number of amides is 1. The quantitative estimate of drug-likeness (QED) is 0.682. The Morgan fingerprint density at radius 3 is 2.60 bits per heavy atom. The van der Waals surface area contributed by atoms with Gasteiger partial charge in [-0.3, -0.25) is 9.20 Å². The standard InChI is InChI=1S/C17H17BrN4O3/c1-24-12-9-11(10-13(25-2)16(12)18)17(23)19-7-6-15-21-20-14-5-3-4-8-22(14)15/h3-5,8-10H,6-7H2,1-2H3,(H,19,23). The summed E-state index contributed by atoms with van der Waals surface area (Å²) >= 11 is 3.39. The number of carbonyl (C=O) groups excluding carboxylic acids is 1. The van der Waals surface area contributed by atoms with E-state index in [1.165, 1.54) is 14.2 Å². The van der Waals surface area contributed by atoms with Gasteiger partial charge in [0, 0.05) is 24.7 Å². The fourth-order valence-corrected chi connectivity index (χ4v) is 3.00. The second-order valence-corrected chi connectivity index (χ2v) is 6.04. The molecule has 0 fully saturated rings. The van der Waals surface area contributed by atoms with Crippen LogP contribution < -0.4 is 14.8 Å². The number of fused-ring (bicyclic) bond motifs is 1. The lowest BCUT2D eigenvalue weighted by Gasteiger charge is -2.11. The third kappa shape index (κ3) is 3.58. The van der Waals surface area contributed by atoms with Crippen molar-refractivity contribution in [1.29, 1.82) is 0 Å². The molecule has 1 aromatic carbocycles. The van der Waals surface area contributed by atoms with Crippen molar-refractivity contribution in [2.24, 2.45) is 0 Å². The molecular weight excluding hydrogens is 388 g/mol. The summed E-state index contributed by atoms with van der Waals surface area (Å²) in [5.74, 6) is 1.65. The van der Waals surface area contributed by atoms with Crippen molar-refractivity contribution in [3.8, 4) is 11.5 Å². The maximum Gasteiger partial charge on any atom is 0.251 e. The van der Waals surface area contributed by atoms with E-state index in [-0.39, 0.29) is 5.91 Å². The monoisotopic (exact) mass is 404 g/mol. The van der Waals surface area contributed by atoms with Crippen LogP contribution in [0.4, 0.5) is 0 Å². The lowest BCUT2D eigenvalue weighted by atomic mass is 10.2. The van der Waals surface area contributed by atoms with Crippen LogP contribution in [0, 0.1) is 0 Å². The summed E-state index contributed by atoms with van der Waals surface area (Å²) in [4.78, 5) is 12.4. The zero-order chi connectivity index (χ0) is 17.8. The van der Waals surface area contributed by atoms with Gasteiger partial charge in [0.1, 0.15) is 21.8 Å². The molecule has 0 spiro atoms. The van der Waals surface area contributed by atoms with Crippen LogP contribution in [-0.4, -0.2) is 41.3 Å². The van der Waals surface area contributed by atoms with Gasteiger partial charge in [0.25, 0.3) is 5.91 Å². The smallest absolute Gasteiger partial charge is 0.251 e. The number of benzene rings is 1. The molecule has 0 aliphatic carbocycles. The number of pyridine rings is 1. The predicted octanol–water partition coefficient (Wildman–Crippen LogP) is 2.48. The third-order valence-corrected chi connectivity index (χ3v) is 4.51. The highest BCUT2D eigenvalue weighted by Crippen LogP contribution is 2.35. The van der Waals surface area contributed by atoms with E-state index in [0.29, 0.717) is 34.5 Å². The minimum absolute atomic E-state index is 0.210. The molecule has 0 saturated carbocycles. The summed E-state index contributed by atoms with van der Waals surface area (Å²) < 4.78 is 13.1. The Hall–Kier alpha value is -2.61. The van der Waals surface area contributed by atoms with Crippen molar-refractivity contribution >= 4 is 27.5 Å². The first kappa shape index (κ1) is 17.2. The molecule has 0 aliphatic rings. The summed E-state index contributed by atoms with van der Waals surface area (Å²) in [5, 5.41) is 11.1. The Bertz CT molecular complexity index is 885. The van der Waals surface area contributed by atoms with Crippen molar-refractivity contribution < 1.29 is 14.3 Å². The normalized spacial score (nSPS) is 10.7. The van der Waals surface area contributed by atoms with Crippen LogP contribution >= 0.6 is 15.9 Å². The molecule has 0 atom stereocenters. The molecule has 7 nitrogen and oxygen atoms in total. The van der Waals surface area contributed by atoms with E-state index in [0.717, 1.165) is 11.5 Å². The highest BCUT2D eigenvalue weighted by atomic mass is 79.9. The Morgan fingerprint density at radius 1 is 1.20 bits per heavy atom. The maximum atomic E-state index is 12.4. The first-order valence-corrected chi connectivity index (χ1v) is 8.41. The molecule has 1 N–H and O–H groups in total. The number of hydrogen-bond acceptors (Lipinski definition) is 5. The average Bonchev–Trinajstić information content (AvgIpc) is 3.05. The summed E-state index contributed by atoms with van der Waals surface area (Å²) in [6.07, 6.45) is 2.47. The Labute approximate surface area is 153 Å². The number of methoxy groups -OCH3 is 2. The second-order valence-electron chi connectivity index (χ2n) is 5.25. The molecule has 25 heavy (non-hydrogen) atoms. The zero-order valence-corrected chi connectivity index (χ0v) is 15.4. The van der Waals surface area contributed by atoms with E-state index >= 15 is 0 Å². The number of halogens is 1. The predicted molar refractivity (Wildman–Crippen MR) is 96.3 cm³/mol. The van der Waals surface area contributed by atoms with Crippen LogP contribution in [0.25, 0.3) is 5.65 Å². The molecule has 8 heteroatoms. The summed E-state index contributed by atoms with van der Waals surface area (Å²) in [7, 11) is 3.08. The number of nitrogens with zero attached hydrogens (tertiary/aromatic N) is 3. The molecule has 2 heterocycles. The number of aromatic nitrogens is 3. The topological polar surface area (TPSA) is 77.8 Å².